The van der Waals surface area contributed by atoms with Gasteiger partial charge in [0.05, 0.1) is 5.56 Å². The third-order valence-electron chi connectivity index (χ3n) is 3.93. The van der Waals surface area contributed by atoms with Crippen LogP contribution >= 0.6 is 15.9 Å². The van der Waals surface area contributed by atoms with Crippen molar-refractivity contribution in [3.63, 3.8) is 0 Å². The van der Waals surface area contributed by atoms with Crippen molar-refractivity contribution in [3.8, 4) is 0 Å². The smallest absolute Gasteiger partial charge is 0.257 e. The van der Waals surface area contributed by atoms with E-state index in [1.165, 1.54) is 12.8 Å². The van der Waals surface area contributed by atoms with Crippen LogP contribution in [0.5, 0.6) is 0 Å². The Balaban J connectivity index is 2.30. The maximum absolute atomic E-state index is 12.9. The molecule has 1 aliphatic rings. The van der Waals surface area contributed by atoms with E-state index in [1.807, 2.05) is 11.0 Å². The summed E-state index contributed by atoms with van der Waals surface area (Å²) in [5, 5.41) is 3.01. The van der Waals surface area contributed by atoms with Crippen molar-refractivity contribution in [2.24, 2.45) is 0 Å². The van der Waals surface area contributed by atoms with E-state index in [1.54, 1.807) is 13.2 Å². The van der Waals surface area contributed by atoms with Crippen LogP contribution in [0.1, 0.15) is 49.4 Å². The van der Waals surface area contributed by atoms with Crippen LogP contribution in [0.4, 0.5) is 5.82 Å². The Kier molecular flexibility index (Phi) is 5.40. The zero-order chi connectivity index (χ0) is 14.5. The maximum atomic E-state index is 12.9. The molecule has 0 spiro atoms. The monoisotopic (exact) mass is 339 g/mol. The zero-order valence-electron chi connectivity index (χ0n) is 12.2. The highest BCUT2D eigenvalue weighted by molar-refractivity contribution is 9.10. The van der Waals surface area contributed by atoms with Crippen molar-refractivity contribution in [2.45, 2.75) is 45.1 Å². The fourth-order valence-electron chi connectivity index (χ4n) is 2.83. The highest BCUT2D eigenvalue weighted by Gasteiger charge is 2.27. The average molecular weight is 340 g/mol. The fourth-order valence-corrected chi connectivity index (χ4v) is 3.16. The molecule has 20 heavy (non-hydrogen) atoms. The first-order valence-corrected chi connectivity index (χ1v) is 8.11. The molecule has 1 fully saturated rings. The van der Waals surface area contributed by atoms with E-state index >= 15 is 0 Å². The molecule has 1 saturated heterocycles. The molecule has 1 aromatic rings. The van der Waals surface area contributed by atoms with E-state index in [0.29, 0.717) is 17.4 Å². The van der Waals surface area contributed by atoms with E-state index in [4.69, 9.17) is 0 Å². The summed E-state index contributed by atoms with van der Waals surface area (Å²) in [4.78, 5) is 19.2. The van der Waals surface area contributed by atoms with E-state index in [2.05, 4.69) is 33.2 Å². The first kappa shape index (κ1) is 15.3. The van der Waals surface area contributed by atoms with Crippen molar-refractivity contribution in [1.29, 1.82) is 0 Å². The molecule has 5 heteroatoms. The number of aromatic nitrogens is 1. The van der Waals surface area contributed by atoms with Crippen LogP contribution in [-0.2, 0) is 0 Å². The number of amides is 1. The summed E-state index contributed by atoms with van der Waals surface area (Å²) in [7, 11) is 1.80. The molecule has 1 N–H and O–H groups in total. The number of hydrogen-bond donors (Lipinski definition) is 1. The predicted octanol–water partition coefficient (Wildman–Crippen LogP) is 3.68. The van der Waals surface area contributed by atoms with Crippen molar-refractivity contribution in [3.05, 3.63) is 22.3 Å². The third-order valence-corrected chi connectivity index (χ3v) is 4.36. The van der Waals surface area contributed by atoms with Gasteiger partial charge in [0, 0.05) is 30.3 Å². The van der Waals surface area contributed by atoms with Gasteiger partial charge in [0.1, 0.15) is 5.82 Å². The minimum Gasteiger partial charge on any atom is -0.372 e. The summed E-state index contributed by atoms with van der Waals surface area (Å²) in [6.07, 6.45) is 7.37. The van der Waals surface area contributed by atoms with Gasteiger partial charge < -0.3 is 10.2 Å². The van der Waals surface area contributed by atoms with Crippen LogP contribution in [0, 0.1) is 0 Å². The highest BCUT2D eigenvalue weighted by Crippen LogP contribution is 2.25. The Morgan fingerprint density at radius 3 is 3.00 bits per heavy atom. The molecular formula is C15H22BrN3O. The van der Waals surface area contributed by atoms with Gasteiger partial charge in [-0.25, -0.2) is 4.98 Å². The number of rotatable bonds is 3. The summed E-state index contributed by atoms with van der Waals surface area (Å²) in [5.74, 6) is 0.745. The fraction of sp³-hybridized carbons (Fsp3) is 0.600. The molecule has 2 rings (SSSR count). The first-order chi connectivity index (χ1) is 9.67. The minimum absolute atomic E-state index is 0.0944. The molecule has 110 valence electrons. The second-order valence-electron chi connectivity index (χ2n) is 5.21. The summed E-state index contributed by atoms with van der Waals surface area (Å²) < 4.78 is 0.836. The number of carbonyl (C=O) groups is 1. The number of carbonyl (C=O) groups excluding carboxylic acids is 1. The minimum atomic E-state index is 0.0944. The molecule has 0 aromatic carbocycles. The van der Waals surface area contributed by atoms with Crippen LogP contribution in [-0.4, -0.2) is 35.4 Å². The van der Waals surface area contributed by atoms with Gasteiger partial charge in [-0.1, -0.05) is 19.8 Å². The first-order valence-electron chi connectivity index (χ1n) is 7.31. The lowest BCUT2D eigenvalue weighted by Gasteiger charge is -2.29. The molecule has 0 saturated carbocycles. The SMILES string of the molecule is CCC1CCCCCN1C(=O)c1cc(Br)cnc1NC. The number of nitrogens with zero attached hydrogens (tertiary/aromatic N) is 2. The standard InChI is InChI=1S/C15H22BrN3O/c1-3-12-7-5-4-6-8-19(12)15(20)13-9-11(16)10-18-14(13)17-2/h9-10,12H,3-8H2,1-2H3,(H,17,18). The molecule has 0 bridgehead atoms. The number of nitrogens with one attached hydrogen (secondary N) is 1. The number of pyridine rings is 1. The third kappa shape index (κ3) is 3.32. The molecule has 1 atom stereocenters. The number of hydrogen-bond acceptors (Lipinski definition) is 3. The van der Waals surface area contributed by atoms with E-state index < -0.39 is 0 Å². The van der Waals surface area contributed by atoms with Gasteiger partial charge in [0.2, 0.25) is 0 Å². The Morgan fingerprint density at radius 2 is 2.30 bits per heavy atom. The summed E-state index contributed by atoms with van der Waals surface area (Å²) in [6.45, 7) is 3.02. The van der Waals surface area contributed by atoms with Crippen molar-refractivity contribution in [1.82, 2.24) is 9.88 Å². The van der Waals surface area contributed by atoms with Crippen LogP contribution in [0.15, 0.2) is 16.7 Å². The molecule has 0 aliphatic carbocycles. The summed E-state index contributed by atoms with van der Waals surface area (Å²) in [6, 6.07) is 2.22. The van der Waals surface area contributed by atoms with Crippen molar-refractivity contribution >= 4 is 27.7 Å². The average Bonchev–Trinajstić information content (AvgIpc) is 2.71. The highest BCUT2D eigenvalue weighted by atomic mass is 79.9. The molecule has 1 aliphatic heterocycles. The van der Waals surface area contributed by atoms with Crippen LogP contribution in [0.2, 0.25) is 0 Å². The van der Waals surface area contributed by atoms with Crippen molar-refractivity contribution < 1.29 is 4.79 Å². The molecule has 1 unspecified atom stereocenters. The van der Waals surface area contributed by atoms with Crippen LogP contribution < -0.4 is 5.32 Å². The molecule has 0 radical (unpaired) electrons. The van der Waals surface area contributed by atoms with Gasteiger partial charge in [-0.3, -0.25) is 4.79 Å². The molecule has 1 aromatic heterocycles. The van der Waals surface area contributed by atoms with Gasteiger partial charge in [-0.2, -0.15) is 0 Å². The van der Waals surface area contributed by atoms with E-state index in [0.717, 1.165) is 30.3 Å². The lowest BCUT2D eigenvalue weighted by Crippen LogP contribution is -2.40. The molecule has 4 nitrogen and oxygen atoms in total. The van der Waals surface area contributed by atoms with E-state index in [9.17, 15) is 4.79 Å². The number of likely N-dealkylation sites (tertiary alicyclic amines) is 1. The lowest BCUT2D eigenvalue weighted by molar-refractivity contribution is 0.0679. The Hall–Kier alpha value is -1.10. The van der Waals surface area contributed by atoms with Gasteiger partial charge in [0.15, 0.2) is 0 Å². The quantitative estimate of drug-likeness (QED) is 0.913. The van der Waals surface area contributed by atoms with Crippen LogP contribution in [0.25, 0.3) is 0 Å². The normalized spacial score (nSPS) is 19.6. The maximum Gasteiger partial charge on any atom is 0.257 e. The predicted molar refractivity (Wildman–Crippen MR) is 85.1 cm³/mol. The Morgan fingerprint density at radius 1 is 1.50 bits per heavy atom. The molecule has 1 amide bonds. The zero-order valence-corrected chi connectivity index (χ0v) is 13.7. The number of halogens is 1. The largest absolute Gasteiger partial charge is 0.372 e. The van der Waals surface area contributed by atoms with Crippen molar-refractivity contribution in [2.75, 3.05) is 18.9 Å². The second-order valence-corrected chi connectivity index (χ2v) is 6.13. The Labute approximate surface area is 129 Å². The van der Waals surface area contributed by atoms with Gasteiger partial charge in [-0.15, -0.1) is 0 Å². The summed E-state index contributed by atoms with van der Waals surface area (Å²) >= 11 is 3.40. The second kappa shape index (κ2) is 7.07. The molecular weight excluding hydrogens is 318 g/mol. The van der Waals surface area contributed by atoms with Gasteiger partial charge >= 0.3 is 0 Å². The van der Waals surface area contributed by atoms with Crippen LogP contribution in [0.3, 0.4) is 0 Å². The molecule has 2 heterocycles. The summed E-state index contributed by atoms with van der Waals surface area (Å²) in [5.41, 5.74) is 0.655. The Bertz CT molecular complexity index is 478. The van der Waals surface area contributed by atoms with E-state index in [-0.39, 0.29) is 5.91 Å². The lowest BCUT2D eigenvalue weighted by atomic mass is 10.1. The number of anilines is 1. The topological polar surface area (TPSA) is 45.2 Å². The van der Waals surface area contributed by atoms with Gasteiger partial charge in [-0.05, 0) is 41.3 Å². The van der Waals surface area contributed by atoms with Gasteiger partial charge in [0.25, 0.3) is 5.91 Å².